The maximum absolute atomic E-state index is 13.7. The van der Waals surface area contributed by atoms with Crippen LogP contribution in [-0.2, 0) is 6.54 Å². The summed E-state index contributed by atoms with van der Waals surface area (Å²) < 4.78 is 7.47. The number of rotatable bonds is 3. The number of methoxy groups -OCH3 is 1. The van der Waals surface area contributed by atoms with Crippen LogP contribution < -0.4 is 10.1 Å². The Kier molecular flexibility index (Phi) is 5.33. The molecule has 160 valence electrons. The van der Waals surface area contributed by atoms with Crippen molar-refractivity contribution in [2.45, 2.75) is 12.6 Å². The first-order chi connectivity index (χ1) is 15.6. The molecule has 0 radical (unpaired) electrons. The standard InChI is InChI=1S/C26H22ClN3O2/c1-32-22-8-4-7-21(16-22)28-26(31)30-17-19-6-2-3-9-23(19)29-15-5-10-24(29)25(30)18-11-13-20(27)14-12-18/h2-16,25H,17H2,1H3,(H,28,31)/t25-/m1/s1. The van der Waals surface area contributed by atoms with Crippen molar-refractivity contribution in [1.29, 1.82) is 0 Å². The largest absolute Gasteiger partial charge is 0.497 e. The molecule has 0 unspecified atom stereocenters. The molecule has 32 heavy (non-hydrogen) atoms. The third-order valence-electron chi connectivity index (χ3n) is 5.73. The van der Waals surface area contributed by atoms with Gasteiger partial charge in [0.05, 0.1) is 25.4 Å². The first-order valence-electron chi connectivity index (χ1n) is 10.4. The van der Waals surface area contributed by atoms with E-state index in [9.17, 15) is 4.79 Å². The van der Waals surface area contributed by atoms with Gasteiger partial charge in [-0.15, -0.1) is 0 Å². The fourth-order valence-corrected chi connectivity index (χ4v) is 4.36. The second-order valence-electron chi connectivity index (χ2n) is 7.68. The van der Waals surface area contributed by atoms with Gasteiger partial charge >= 0.3 is 6.03 Å². The molecule has 0 saturated heterocycles. The summed E-state index contributed by atoms with van der Waals surface area (Å²) in [5, 5.41) is 3.71. The van der Waals surface area contributed by atoms with Crippen LogP contribution in [0.4, 0.5) is 10.5 Å². The Labute approximate surface area is 191 Å². The number of carbonyl (C=O) groups is 1. The van der Waals surface area contributed by atoms with Crippen LogP contribution >= 0.6 is 11.6 Å². The minimum atomic E-state index is -0.291. The number of hydrogen-bond donors (Lipinski definition) is 1. The highest BCUT2D eigenvalue weighted by Gasteiger charge is 2.33. The van der Waals surface area contributed by atoms with Gasteiger partial charge in [-0.1, -0.05) is 48.0 Å². The van der Waals surface area contributed by atoms with Gasteiger partial charge in [-0.25, -0.2) is 4.79 Å². The van der Waals surface area contributed by atoms with Crippen LogP contribution in [0.15, 0.2) is 91.1 Å². The predicted octanol–water partition coefficient (Wildman–Crippen LogP) is 6.28. The Balaban J connectivity index is 1.61. The van der Waals surface area contributed by atoms with E-state index < -0.39 is 0 Å². The third kappa shape index (κ3) is 3.72. The average molecular weight is 444 g/mol. The molecule has 0 spiro atoms. The van der Waals surface area contributed by atoms with Crippen molar-refractivity contribution in [3.05, 3.63) is 113 Å². The minimum Gasteiger partial charge on any atom is -0.497 e. The van der Waals surface area contributed by atoms with Gasteiger partial charge in [0.15, 0.2) is 0 Å². The van der Waals surface area contributed by atoms with Crippen molar-refractivity contribution < 1.29 is 9.53 Å². The first kappa shape index (κ1) is 20.2. The zero-order valence-electron chi connectivity index (χ0n) is 17.5. The van der Waals surface area contributed by atoms with E-state index >= 15 is 0 Å². The Hall–Kier alpha value is -3.70. The lowest BCUT2D eigenvalue weighted by Gasteiger charge is -2.31. The lowest BCUT2D eigenvalue weighted by molar-refractivity contribution is 0.194. The maximum atomic E-state index is 13.7. The lowest BCUT2D eigenvalue weighted by Crippen LogP contribution is -2.37. The summed E-state index contributed by atoms with van der Waals surface area (Å²) in [5.74, 6) is 0.687. The molecule has 0 bridgehead atoms. The average Bonchev–Trinajstić information content (AvgIpc) is 3.24. The summed E-state index contributed by atoms with van der Waals surface area (Å²) in [6.07, 6.45) is 2.04. The van der Waals surface area contributed by atoms with E-state index in [4.69, 9.17) is 16.3 Å². The first-order valence-corrected chi connectivity index (χ1v) is 10.7. The van der Waals surface area contributed by atoms with Crippen molar-refractivity contribution in [3.8, 4) is 11.4 Å². The van der Waals surface area contributed by atoms with E-state index in [1.807, 2.05) is 77.8 Å². The van der Waals surface area contributed by atoms with Crippen LogP contribution in [0.1, 0.15) is 22.9 Å². The number of benzene rings is 3. The Morgan fingerprint density at radius 2 is 1.81 bits per heavy atom. The number of ether oxygens (including phenoxy) is 1. The number of aromatic nitrogens is 1. The van der Waals surface area contributed by atoms with E-state index in [-0.39, 0.29) is 12.1 Å². The molecule has 1 N–H and O–H groups in total. The number of fused-ring (bicyclic) bond motifs is 3. The van der Waals surface area contributed by atoms with Crippen molar-refractivity contribution in [2.75, 3.05) is 12.4 Å². The lowest BCUT2D eigenvalue weighted by atomic mass is 10.0. The number of nitrogens with one attached hydrogen (secondary N) is 1. The molecule has 5 rings (SSSR count). The van der Waals surface area contributed by atoms with Gasteiger partial charge in [-0.2, -0.15) is 0 Å². The monoisotopic (exact) mass is 443 g/mol. The van der Waals surface area contributed by atoms with Crippen LogP contribution in [-0.4, -0.2) is 22.6 Å². The van der Waals surface area contributed by atoms with Gasteiger partial charge in [0.1, 0.15) is 5.75 Å². The molecule has 0 saturated carbocycles. The van der Waals surface area contributed by atoms with E-state index in [2.05, 4.69) is 28.1 Å². The molecule has 1 atom stereocenters. The summed E-state index contributed by atoms with van der Waals surface area (Å²) in [7, 11) is 1.61. The van der Waals surface area contributed by atoms with Gasteiger partial charge in [0.25, 0.3) is 0 Å². The topological polar surface area (TPSA) is 46.5 Å². The second kappa shape index (κ2) is 8.44. The summed E-state index contributed by atoms with van der Waals surface area (Å²) >= 11 is 6.16. The molecule has 1 aromatic heterocycles. The number of amides is 2. The van der Waals surface area contributed by atoms with Crippen LogP contribution in [0.5, 0.6) is 5.75 Å². The number of anilines is 1. The number of carbonyl (C=O) groups excluding carboxylic acids is 1. The Morgan fingerprint density at radius 1 is 1.00 bits per heavy atom. The highest BCUT2D eigenvalue weighted by molar-refractivity contribution is 6.30. The molecular weight excluding hydrogens is 422 g/mol. The van der Waals surface area contributed by atoms with Crippen LogP contribution in [0.3, 0.4) is 0 Å². The smallest absolute Gasteiger partial charge is 0.322 e. The second-order valence-corrected chi connectivity index (χ2v) is 8.11. The quantitative estimate of drug-likeness (QED) is 0.405. The summed E-state index contributed by atoms with van der Waals surface area (Å²) in [6.45, 7) is 0.459. The van der Waals surface area contributed by atoms with Crippen molar-refractivity contribution in [1.82, 2.24) is 9.47 Å². The van der Waals surface area contributed by atoms with Gasteiger partial charge in [-0.05, 0) is 53.6 Å². The van der Waals surface area contributed by atoms with Crippen LogP contribution in [0, 0.1) is 0 Å². The van der Waals surface area contributed by atoms with Gasteiger partial charge in [0, 0.05) is 28.7 Å². The van der Waals surface area contributed by atoms with E-state index in [0.29, 0.717) is 23.0 Å². The molecule has 6 heteroatoms. The van der Waals surface area contributed by atoms with Crippen LogP contribution in [0.25, 0.3) is 5.69 Å². The Morgan fingerprint density at radius 3 is 2.62 bits per heavy atom. The Bertz CT molecular complexity index is 1270. The SMILES string of the molecule is COc1cccc(NC(=O)N2Cc3ccccc3-n3cccc3[C@H]2c2ccc(Cl)cc2)c1. The summed E-state index contributed by atoms with van der Waals surface area (Å²) in [5.41, 5.74) is 4.82. The number of halogens is 1. The molecule has 1 aliphatic heterocycles. The van der Waals surface area contributed by atoms with E-state index in [1.54, 1.807) is 7.11 Å². The molecule has 4 aromatic rings. The number of para-hydroxylation sites is 1. The van der Waals surface area contributed by atoms with E-state index in [0.717, 1.165) is 22.5 Å². The molecule has 1 aliphatic rings. The molecule has 2 amide bonds. The summed E-state index contributed by atoms with van der Waals surface area (Å²) in [6, 6.07) is 26.8. The van der Waals surface area contributed by atoms with Gasteiger partial charge < -0.3 is 19.5 Å². The minimum absolute atomic E-state index is 0.192. The molecule has 0 fully saturated rings. The molecule has 3 aromatic carbocycles. The molecule has 0 aliphatic carbocycles. The molecule has 2 heterocycles. The fourth-order valence-electron chi connectivity index (χ4n) is 4.23. The zero-order chi connectivity index (χ0) is 22.1. The molecular formula is C26H22ClN3O2. The van der Waals surface area contributed by atoms with Crippen molar-refractivity contribution in [3.63, 3.8) is 0 Å². The van der Waals surface area contributed by atoms with Crippen molar-refractivity contribution >= 4 is 23.3 Å². The van der Waals surface area contributed by atoms with Crippen molar-refractivity contribution in [2.24, 2.45) is 0 Å². The third-order valence-corrected chi connectivity index (χ3v) is 5.98. The van der Waals surface area contributed by atoms with Gasteiger partial charge in [0.2, 0.25) is 0 Å². The maximum Gasteiger partial charge on any atom is 0.322 e. The fraction of sp³-hybridized carbons (Fsp3) is 0.115. The van der Waals surface area contributed by atoms with E-state index in [1.165, 1.54) is 0 Å². The van der Waals surface area contributed by atoms with Gasteiger partial charge in [-0.3, -0.25) is 0 Å². The summed E-state index contributed by atoms with van der Waals surface area (Å²) in [4.78, 5) is 15.5. The molecule has 5 nitrogen and oxygen atoms in total. The normalized spacial score (nSPS) is 14.8. The number of urea groups is 1. The highest BCUT2D eigenvalue weighted by Crippen LogP contribution is 2.37. The van der Waals surface area contributed by atoms with Crippen LogP contribution in [0.2, 0.25) is 5.02 Å². The predicted molar refractivity (Wildman–Crippen MR) is 127 cm³/mol. The highest BCUT2D eigenvalue weighted by atomic mass is 35.5. The number of nitrogens with zero attached hydrogens (tertiary/aromatic N) is 2. The zero-order valence-corrected chi connectivity index (χ0v) is 18.3. The number of hydrogen-bond acceptors (Lipinski definition) is 2.